The normalized spacial score (nSPS) is 12.6. The first-order valence-electron chi connectivity index (χ1n) is 6.37. The summed E-state index contributed by atoms with van der Waals surface area (Å²) in [5.74, 6) is 0.513. The molecule has 102 valence electrons. The van der Waals surface area contributed by atoms with E-state index in [9.17, 15) is 4.39 Å². The molecule has 2 heterocycles. The first-order valence-corrected chi connectivity index (χ1v) is 6.37. The van der Waals surface area contributed by atoms with Crippen LogP contribution in [0.25, 0.3) is 0 Å². The Morgan fingerprint density at radius 3 is 2.74 bits per heavy atom. The van der Waals surface area contributed by atoms with Gasteiger partial charge in [-0.15, -0.1) is 0 Å². The lowest BCUT2D eigenvalue weighted by Gasteiger charge is -2.16. The number of nitrogens with zero attached hydrogens (tertiary/aromatic N) is 2. The fraction of sp³-hybridized carbons (Fsp3) is 0.429. The van der Waals surface area contributed by atoms with Crippen LogP contribution >= 0.6 is 0 Å². The molecule has 0 saturated carbocycles. The van der Waals surface area contributed by atoms with E-state index in [-0.39, 0.29) is 11.9 Å². The number of pyridine rings is 1. The zero-order valence-corrected chi connectivity index (χ0v) is 11.4. The number of nitrogens with one attached hydrogen (secondary N) is 1. The van der Waals surface area contributed by atoms with E-state index in [1.165, 1.54) is 12.3 Å². The number of rotatable bonds is 5. The third-order valence-corrected chi connectivity index (χ3v) is 3.16. The molecule has 0 aliphatic heterocycles. The predicted octanol–water partition coefficient (Wildman–Crippen LogP) is 3.07. The Labute approximate surface area is 112 Å². The second kappa shape index (κ2) is 5.93. The summed E-state index contributed by atoms with van der Waals surface area (Å²) in [7, 11) is 0. The van der Waals surface area contributed by atoms with Crippen LogP contribution in [0.2, 0.25) is 0 Å². The van der Waals surface area contributed by atoms with Crippen LogP contribution in [0.5, 0.6) is 0 Å². The molecule has 5 heteroatoms. The van der Waals surface area contributed by atoms with Crippen LogP contribution in [0, 0.1) is 19.7 Å². The SMILES string of the molecule is CC[C@H](NCc1cncc(F)c1)c1c(C)noc1C. The minimum Gasteiger partial charge on any atom is -0.361 e. The predicted molar refractivity (Wildman–Crippen MR) is 70.0 cm³/mol. The van der Waals surface area contributed by atoms with Gasteiger partial charge in [-0.05, 0) is 31.9 Å². The van der Waals surface area contributed by atoms with Gasteiger partial charge in [-0.25, -0.2) is 4.39 Å². The number of aromatic nitrogens is 2. The molecule has 0 aromatic carbocycles. The van der Waals surface area contributed by atoms with Gasteiger partial charge >= 0.3 is 0 Å². The highest BCUT2D eigenvalue weighted by Crippen LogP contribution is 2.24. The Hall–Kier alpha value is -1.75. The fourth-order valence-electron chi connectivity index (χ4n) is 2.23. The van der Waals surface area contributed by atoms with Gasteiger partial charge in [-0.1, -0.05) is 12.1 Å². The third-order valence-electron chi connectivity index (χ3n) is 3.16. The average Bonchev–Trinajstić information content (AvgIpc) is 2.71. The van der Waals surface area contributed by atoms with Crippen molar-refractivity contribution in [2.45, 2.75) is 39.8 Å². The van der Waals surface area contributed by atoms with Gasteiger partial charge in [0.1, 0.15) is 11.6 Å². The largest absolute Gasteiger partial charge is 0.361 e. The van der Waals surface area contributed by atoms with Crippen LogP contribution in [-0.2, 0) is 6.54 Å². The van der Waals surface area contributed by atoms with Gasteiger partial charge in [0.25, 0.3) is 0 Å². The highest BCUT2D eigenvalue weighted by molar-refractivity contribution is 5.25. The molecule has 0 aliphatic carbocycles. The maximum absolute atomic E-state index is 13.1. The van der Waals surface area contributed by atoms with E-state index in [2.05, 4.69) is 22.4 Å². The van der Waals surface area contributed by atoms with Crippen molar-refractivity contribution in [3.8, 4) is 0 Å². The van der Waals surface area contributed by atoms with Crippen molar-refractivity contribution < 1.29 is 8.91 Å². The van der Waals surface area contributed by atoms with Gasteiger partial charge in [0.15, 0.2) is 0 Å². The standard InChI is InChI=1S/C14H18FN3O/c1-4-13(14-9(2)18-19-10(14)3)17-7-11-5-12(15)8-16-6-11/h5-6,8,13,17H,4,7H2,1-3H3/t13-/m0/s1. The van der Waals surface area contributed by atoms with E-state index in [0.29, 0.717) is 6.54 Å². The maximum atomic E-state index is 13.1. The van der Waals surface area contributed by atoms with E-state index >= 15 is 0 Å². The van der Waals surface area contributed by atoms with Gasteiger partial charge < -0.3 is 9.84 Å². The smallest absolute Gasteiger partial charge is 0.141 e. The summed E-state index contributed by atoms with van der Waals surface area (Å²) in [6.45, 7) is 6.49. The van der Waals surface area contributed by atoms with Crippen molar-refractivity contribution in [2.75, 3.05) is 0 Å². The monoisotopic (exact) mass is 263 g/mol. The van der Waals surface area contributed by atoms with Gasteiger partial charge in [0.05, 0.1) is 11.9 Å². The minimum absolute atomic E-state index is 0.148. The molecule has 0 aliphatic rings. The summed E-state index contributed by atoms with van der Waals surface area (Å²) in [5.41, 5.74) is 2.81. The molecule has 2 rings (SSSR count). The summed E-state index contributed by atoms with van der Waals surface area (Å²) in [4.78, 5) is 3.84. The zero-order valence-electron chi connectivity index (χ0n) is 11.4. The topological polar surface area (TPSA) is 51.0 Å². The molecule has 0 bridgehead atoms. The van der Waals surface area contributed by atoms with Gasteiger partial charge in [0.2, 0.25) is 0 Å². The van der Waals surface area contributed by atoms with Gasteiger partial charge in [-0.2, -0.15) is 0 Å². The zero-order chi connectivity index (χ0) is 13.8. The summed E-state index contributed by atoms with van der Waals surface area (Å²) in [6.07, 6.45) is 3.77. The maximum Gasteiger partial charge on any atom is 0.141 e. The summed E-state index contributed by atoms with van der Waals surface area (Å²) < 4.78 is 18.2. The molecule has 2 aromatic rings. The third kappa shape index (κ3) is 3.17. The molecule has 0 amide bonds. The van der Waals surface area contributed by atoms with Crippen LogP contribution in [0.15, 0.2) is 23.0 Å². The quantitative estimate of drug-likeness (QED) is 0.900. The van der Waals surface area contributed by atoms with Crippen molar-refractivity contribution in [1.29, 1.82) is 0 Å². The lowest BCUT2D eigenvalue weighted by Crippen LogP contribution is -2.21. The summed E-state index contributed by atoms with van der Waals surface area (Å²) >= 11 is 0. The number of aryl methyl sites for hydroxylation is 2. The number of hydrogen-bond acceptors (Lipinski definition) is 4. The van der Waals surface area contributed by atoms with E-state index < -0.39 is 0 Å². The average molecular weight is 263 g/mol. The van der Waals surface area contributed by atoms with Crippen LogP contribution in [-0.4, -0.2) is 10.1 Å². The second-order valence-corrected chi connectivity index (χ2v) is 4.59. The van der Waals surface area contributed by atoms with Gasteiger partial charge in [-0.3, -0.25) is 4.98 Å². The molecular formula is C14H18FN3O. The lowest BCUT2D eigenvalue weighted by atomic mass is 10.0. The molecule has 19 heavy (non-hydrogen) atoms. The molecule has 0 fully saturated rings. The highest BCUT2D eigenvalue weighted by atomic mass is 19.1. The molecule has 1 N–H and O–H groups in total. The molecule has 1 atom stereocenters. The number of hydrogen-bond donors (Lipinski definition) is 1. The Morgan fingerprint density at radius 2 is 2.16 bits per heavy atom. The number of halogens is 1. The van der Waals surface area contributed by atoms with Crippen LogP contribution in [0.1, 0.15) is 42.0 Å². The van der Waals surface area contributed by atoms with Crippen molar-refractivity contribution in [3.05, 3.63) is 46.9 Å². The van der Waals surface area contributed by atoms with E-state index in [1.54, 1.807) is 6.20 Å². The molecule has 0 radical (unpaired) electrons. The van der Waals surface area contributed by atoms with Crippen LogP contribution < -0.4 is 5.32 Å². The molecular weight excluding hydrogens is 245 g/mol. The fourth-order valence-corrected chi connectivity index (χ4v) is 2.23. The molecule has 2 aromatic heterocycles. The summed E-state index contributed by atoms with van der Waals surface area (Å²) in [5, 5.41) is 7.36. The molecule has 0 spiro atoms. The Balaban J connectivity index is 2.08. The Bertz CT molecular complexity index is 534. The van der Waals surface area contributed by atoms with Crippen LogP contribution in [0.3, 0.4) is 0 Å². The minimum atomic E-state index is -0.315. The van der Waals surface area contributed by atoms with Crippen molar-refractivity contribution in [3.63, 3.8) is 0 Å². The molecule has 4 nitrogen and oxygen atoms in total. The van der Waals surface area contributed by atoms with Crippen molar-refractivity contribution in [2.24, 2.45) is 0 Å². The van der Waals surface area contributed by atoms with Crippen molar-refractivity contribution in [1.82, 2.24) is 15.5 Å². The van der Waals surface area contributed by atoms with Gasteiger partial charge in [0, 0.05) is 24.3 Å². The van der Waals surface area contributed by atoms with E-state index in [4.69, 9.17) is 4.52 Å². The molecule has 0 unspecified atom stereocenters. The van der Waals surface area contributed by atoms with Crippen molar-refractivity contribution >= 4 is 0 Å². The van der Waals surface area contributed by atoms with E-state index in [1.807, 2.05) is 13.8 Å². The first kappa shape index (κ1) is 13.7. The second-order valence-electron chi connectivity index (χ2n) is 4.59. The van der Waals surface area contributed by atoms with Crippen LogP contribution in [0.4, 0.5) is 4.39 Å². The molecule has 0 saturated heterocycles. The highest BCUT2D eigenvalue weighted by Gasteiger charge is 2.18. The van der Waals surface area contributed by atoms with E-state index in [0.717, 1.165) is 29.0 Å². The lowest BCUT2D eigenvalue weighted by molar-refractivity contribution is 0.389. The Kier molecular flexibility index (Phi) is 4.27. The first-order chi connectivity index (χ1) is 9.11. The summed E-state index contributed by atoms with van der Waals surface area (Å²) in [6, 6.07) is 1.63. The Morgan fingerprint density at radius 1 is 1.37 bits per heavy atom.